The SMILES string of the molecule is O=C(O)C(C1CCN(C(=O)Nc2ccc(F)c(F)c2F)CC1)N1CCC(c2c[nH]c3ccccc23)CC1.OCC(C1CCN(C(=S)Nc2cc(F)cc(F)c2)CC1)N1CCC(c2c[nH]c3ccccc23)CC1. The number of fused-ring (bicyclic) bond motifs is 2. The van der Waals surface area contributed by atoms with Crippen molar-refractivity contribution in [1.82, 2.24) is 29.6 Å². The average Bonchev–Trinajstić information content (AvgIpc) is 4.03. The lowest BCUT2D eigenvalue weighted by Gasteiger charge is -2.43. The number of amides is 2. The number of nitrogens with one attached hydrogen (secondary N) is 4. The van der Waals surface area contributed by atoms with Gasteiger partial charge in [0.25, 0.3) is 0 Å². The molecule has 6 aromatic rings. The van der Waals surface area contributed by atoms with Gasteiger partial charge in [-0.15, -0.1) is 0 Å². The molecule has 4 aromatic carbocycles. The lowest BCUT2D eigenvalue weighted by molar-refractivity contribution is -0.147. The molecule has 10 rings (SSSR count). The first kappa shape index (κ1) is 50.8. The molecule has 12 nitrogen and oxygen atoms in total. The van der Waals surface area contributed by atoms with Crippen molar-refractivity contribution in [3.8, 4) is 0 Å². The Morgan fingerprint density at radius 2 is 1.14 bits per heavy atom. The lowest BCUT2D eigenvalue weighted by Crippen LogP contribution is -2.52. The molecular formula is C54H61F5N8O4S. The summed E-state index contributed by atoms with van der Waals surface area (Å²) in [5, 5.41) is 28.6. The first-order chi connectivity index (χ1) is 34.8. The molecule has 4 saturated heterocycles. The molecule has 6 heterocycles. The third-order valence-corrected chi connectivity index (χ3v) is 15.9. The van der Waals surface area contributed by atoms with Crippen LogP contribution < -0.4 is 10.6 Å². The number of aliphatic hydroxyl groups excluding tert-OH is 1. The average molecular weight is 1010 g/mol. The Labute approximate surface area is 420 Å². The van der Waals surface area contributed by atoms with E-state index < -0.39 is 52.8 Å². The smallest absolute Gasteiger partial charge is 0.321 e. The minimum absolute atomic E-state index is 0.133. The van der Waals surface area contributed by atoms with Crippen molar-refractivity contribution in [3.63, 3.8) is 0 Å². The van der Waals surface area contributed by atoms with Crippen LogP contribution in [-0.4, -0.2) is 128 Å². The molecule has 382 valence electrons. The number of thiocarbonyl (C=S) groups is 1. The predicted molar refractivity (Wildman–Crippen MR) is 272 cm³/mol. The zero-order valence-electron chi connectivity index (χ0n) is 39.9. The minimum atomic E-state index is -1.64. The number of H-pyrrole nitrogens is 2. The van der Waals surface area contributed by atoms with Crippen LogP contribution in [0.2, 0.25) is 0 Å². The molecule has 0 spiro atoms. The maximum absolute atomic E-state index is 13.9. The molecule has 4 fully saturated rings. The number of rotatable bonds is 10. The highest BCUT2D eigenvalue weighted by Crippen LogP contribution is 2.38. The van der Waals surface area contributed by atoms with Crippen LogP contribution in [0, 0.1) is 40.9 Å². The van der Waals surface area contributed by atoms with Crippen LogP contribution >= 0.6 is 12.2 Å². The number of benzene rings is 4. The van der Waals surface area contributed by atoms with Gasteiger partial charge in [0, 0.05) is 78.2 Å². The largest absolute Gasteiger partial charge is 0.480 e. The van der Waals surface area contributed by atoms with E-state index in [9.17, 15) is 41.8 Å². The Balaban J connectivity index is 0.000000178. The molecular weight excluding hydrogens is 952 g/mol. The van der Waals surface area contributed by atoms with Gasteiger partial charge >= 0.3 is 12.0 Å². The minimum Gasteiger partial charge on any atom is -0.480 e. The van der Waals surface area contributed by atoms with Crippen LogP contribution in [0.15, 0.2) is 91.3 Å². The summed E-state index contributed by atoms with van der Waals surface area (Å²) in [4.78, 5) is 39.6. The molecule has 2 atom stereocenters. The number of carboxylic acid groups (broad SMARTS) is 1. The number of carboxylic acids is 1. The van der Waals surface area contributed by atoms with Crippen LogP contribution in [0.1, 0.15) is 74.3 Å². The summed E-state index contributed by atoms with van der Waals surface area (Å²) in [6, 6.07) is 20.6. The number of anilines is 2. The topological polar surface area (TPSA) is 143 Å². The van der Waals surface area contributed by atoms with Gasteiger partial charge in [-0.2, -0.15) is 0 Å². The summed E-state index contributed by atoms with van der Waals surface area (Å²) in [5.41, 5.74) is 4.87. The van der Waals surface area contributed by atoms with Crippen molar-refractivity contribution in [1.29, 1.82) is 0 Å². The van der Waals surface area contributed by atoms with Crippen LogP contribution in [0.25, 0.3) is 21.8 Å². The van der Waals surface area contributed by atoms with E-state index in [2.05, 4.69) is 74.3 Å². The van der Waals surface area contributed by atoms with E-state index in [0.717, 1.165) is 88.4 Å². The number of nitrogens with zero attached hydrogens (tertiary/aromatic N) is 4. The highest BCUT2D eigenvalue weighted by atomic mass is 32.1. The van der Waals surface area contributed by atoms with Crippen LogP contribution in [0.3, 0.4) is 0 Å². The molecule has 0 bridgehead atoms. The molecule has 72 heavy (non-hydrogen) atoms. The number of carbonyl (C=O) groups excluding carboxylic acids is 1. The maximum Gasteiger partial charge on any atom is 0.321 e. The molecule has 0 saturated carbocycles. The van der Waals surface area contributed by atoms with E-state index in [-0.39, 0.29) is 31.7 Å². The number of halogens is 5. The van der Waals surface area contributed by atoms with Crippen molar-refractivity contribution >= 4 is 62.5 Å². The normalized spacial score (nSPS) is 19.0. The van der Waals surface area contributed by atoms with Crippen molar-refractivity contribution in [2.24, 2.45) is 11.8 Å². The van der Waals surface area contributed by atoms with E-state index in [0.29, 0.717) is 54.5 Å². The molecule has 0 radical (unpaired) electrons. The van der Waals surface area contributed by atoms with Gasteiger partial charge < -0.3 is 40.6 Å². The van der Waals surface area contributed by atoms with Gasteiger partial charge in [0.05, 0.1) is 12.3 Å². The number of aliphatic hydroxyl groups is 1. The Bertz CT molecular complexity index is 2830. The van der Waals surface area contributed by atoms with Gasteiger partial charge in [0.2, 0.25) is 0 Å². The van der Waals surface area contributed by atoms with Crippen molar-refractivity contribution < 1.29 is 41.8 Å². The van der Waals surface area contributed by atoms with Gasteiger partial charge in [0.1, 0.15) is 17.7 Å². The van der Waals surface area contributed by atoms with Gasteiger partial charge in [-0.25, -0.2) is 26.7 Å². The van der Waals surface area contributed by atoms with E-state index in [4.69, 9.17) is 12.2 Å². The molecule has 2 amide bonds. The fourth-order valence-corrected chi connectivity index (χ4v) is 12.0. The zero-order valence-corrected chi connectivity index (χ0v) is 40.8. The third kappa shape index (κ3) is 11.4. The van der Waals surface area contributed by atoms with Crippen LogP contribution in [0.5, 0.6) is 0 Å². The van der Waals surface area contributed by atoms with Crippen molar-refractivity contribution in [2.75, 3.05) is 69.6 Å². The number of piperidine rings is 4. The summed E-state index contributed by atoms with van der Waals surface area (Å²) >= 11 is 5.49. The summed E-state index contributed by atoms with van der Waals surface area (Å²) in [7, 11) is 0. The van der Waals surface area contributed by atoms with Gasteiger partial charge in [-0.3, -0.25) is 14.6 Å². The number of urea groups is 1. The summed E-state index contributed by atoms with van der Waals surface area (Å²) in [6.07, 6.45) is 11.0. The molecule has 4 aliphatic heterocycles. The Morgan fingerprint density at radius 3 is 1.68 bits per heavy atom. The summed E-state index contributed by atoms with van der Waals surface area (Å²) < 4.78 is 67.5. The van der Waals surface area contributed by atoms with E-state index >= 15 is 0 Å². The number of likely N-dealkylation sites (tertiary alicyclic amines) is 4. The van der Waals surface area contributed by atoms with Gasteiger partial charge in [-0.05, 0) is 161 Å². The molecule has 0 aliphatic carbocycles. The molecule has 4 aliphatic rings. The second-order valence-corrected chi connectivity index (χ2v) is 20.0. The Hall–Kier alpha value is -6.08. The Kier molecular flexibility index (Phi) is 16.1. The maximum atomic E-state index is 13.9. The zero-order chi connectivity index (χ0) is 50.5. The summed E-state index contributed by atoms with van der Waals surface area (Å²) in [6.45, 7) is 5.59. The number of para-hydroxylation sites is 2. The molecule has 2 aromatic heterocycles. The first-order valence-electron chi connectivity index (χ1n) is 25.0. The summed E-state index contributed by atoms with van der Waals surface area (Å²) in [5.74, 6) is -5.38. The van der Waals surface area contributed by atoms with Crippen molar-refractivity contribution in [3.05, 3.63) is 131 Å². The van der Waals surface area contributed by atoms with E-state index in [1.54, 1.807) is 0 Å². The van der Waals surface area contributed by atoms with E-state index in [1.165, 1.54) is 44.4 Å². The second-order valence-electron chi connectivity index (χ2n) is 19.6. The number of carbonyl (C=O) groups is 2. The van der Waals surface area contributed by atoms with Crippen LogP contribution in [0.4, 0.5) is 38.1 Å². The lowest BCUT2D eigenvalue weighted by atomic mass is 9.84. The fraction of sp³-hybridized carbons (Fsp3) is 0.426. The molecule has 6 N–H and O–H groups in total. The number of aromatic nitrogens is 2. The highest BCUT2D eigenvalue weighted by molar-refractivity contribution is 7.80. The second kappa shape index (κ2) is 22.8. The Morgan fingerprint density at radius 1 is 0.625 bits per heavy atom. The fourth-order valence-electron chi connectivity index (χ4n) is 11.7. The number of hydrogen-bond donors (Lipinski definition) is 6. The number of aliphatic carboxylic acids is 1. The third-order valence-electron chi connectivity index (χ3n) is 15.5. The van der Waals surface area contributed by atoms with Crippen molar-refractivity contribution in [2.45, 2.75) is 75.3 Å². The quantitative estimate of drug-likeness (QED) is 0.0449. The van der Waals surface area contributed by atoms with E-state index in [1.807, 2.05) is 21.9 Å². The van der Waals surface area contributed by atoms with Crippen LogP contribution in [-0.2, 0) is 4.79 Å². The number of aromatic amines is 2. The van der Waals surface area contributed by atoms with Gasteiger partial charge in [-0.1, -0.05) is 36.4 Å². The predicted octanol–water partition coefficient (Wildman–Crippen LogP) is 10.3. The highest BCUT2D eigenvalue weighted by Gasteiger charge is 2.39. The monoisotopic (exact) mass is 1010 g/mol. The van der Waals surface area contributed by atoms with Gasteiger partial charge in [0.15, 0.2) is 22.6 Å². The first-order valence-corrected chi connectivity index (χ1v) is 25.4. The standard InChI is InChI=1S/C27H29F3N4O3.C27H32F2N4OS/c28-20-5-6-22(24(30)23(20)29)32-27(37)34-13-9-17(10-14-34)25(26(35)36)33-11-7-16(8-12-33)19-15-31-21-4-2-1-3-18(19)21;28-20-13-21(29)15-22(14-20)31-27(35)33-11-7-19(8-12-33)26(17-34)32-9-5-18(6-10-32)24-16-30-25-4-2-1-3-23(24)25/h1-6,15-17,25,31H,7-14H2,(H,32,37)(H,35,36);1-4,13-16,18-19,26,30,34H,5-12,17H2,(H,31,35). The molecule has 18 heteroatoms. The number of hydrogen-bond acceptors (Lipinski definition) is 6. The molecule has 2 unspecified atom stereocenters.